The van der Waals surface area contributed by atoms with Crippen LogP contribution in [0, 0.1) is 11.3 Å². The number of nitrogens with zero attached hydrogens (tertiary/aromatic N) is 3. The zero-order chi connectivity index (χ0) is 17.6. The van der Waals surface area contributed by atoms with E-state index in [2.05, 4.69) is 10.3 Å². The number of furan rings is 1. The van der Waals surface area contributed by atoms with Gasteiger partial charge in [0.25, 0.3) is 5.91 Å². The fourth-order valence-corrected chi connectivity index (χ4v) is 2.39. The number of amides is 1. The lowest BCUT2D eigenvalue weighted by molar-refractivity contribution is -0.117. The Morgan fingerprint density at radius 1 is 1.40 bits per heavy atom. The minimum Gasteiger partial charge on any atom is -0.465 e. The Hall–Kier alpha value is -3.59. The average Bonchev–Trinajstić information content (AvgIpc) is 3.33. The van der Waals surface area contributed by atoms with Crippen molar-refractivity contribution in [3.8, 4) is 11.8 Å². The molecule has 0 saturated carbocycles. The number of imidazole rings is 1. The largest absolute Gasteiger partial charge is 0.465 e. The summed E-state index contributed by atoms with van der Waals surface area (Å²) in [6, 6.07) is 12.8. The molecule has 0 saturated heterocycles. The van der Waals surface area contributed by atoms with Crippen LogP contribution < -0.4 is 5.32 Å². The number of nitrogens with one attached hydrogen (secondary N) is 1. The van der Waals surface area contributed by atoms with Crippen molar-refractivity contribution < 1.29 is 9.21 Å². The van der Waals surface area contributed by atoms with Gasteiger partial charge in [0.15, 0.2) is 0 Å². The van der Waals surface area contributed by atoms with Gasteiger partial charge in [-0.15, -0.1) is 0 Å². The van der Waals surface area contributed by atoms with Gasteiger partial charge < -0.3 is 14.3 Å². The van der Waals surface area contributed by atoms with Gasteiger partial charge in [0.2, 0.25) is 0 Å². The van der Waals surface area contributed by atoms with Gasteiger partial charge in [-0.1, -0.05) is 12.1 Å². The summed E-state index contributed by atoms with van der Waals surface area (Å²) in [5.74, 6) is 0.0147. The molecule has 1 aromatic carbocycles. The zero-order valence-corrected chi connectivity index (χ0v) is 13.6. The maximum atomic E-state index is 12.3. The van der Waals surface area contributed by atoms with Crippen LogP contribution in [0.4, 0.5) is 0 Å². The van der Waals surface area contributed by atoms with Crippen LogP contribution in [-0.2, 0) is 4.79 Å². The van der Waals surface area contributed by atoms with Crippen molar-refractivity contribution in [3.63, 3.8) is 0 Å². The molecule has 3 aromatic rings. The Balaban J connectivity index is 1.75. The van der Waals surface area contributed by atoms with Crippen LogP contribution in [0.25, 0.3) is 11.8 Å². The second-order valence-corrected chi connectivity index (χ2v) is 5.45. The van der Waals surface area contributed by atoms with E-state index in [0.717, 1.165) is 11.3 Å². The van der Waals surface area contributed by atoms with E-state index in [-0.39, 0.29) is 11.6 Å². The van der Waals surface area contributed by atoms with Crippen LogP contribution in [0.5, 0.6) is 0 Å². The third-order valence-corrected chi connectivity index (χ3v) is 3.72. The first kappa shape index (κ1) is 16.3. The van der Waals surface area contributed by atoms with Crippen LogP contribution in [0.2, 0.25) is 0 Å². The molecule has 0 aliphatic rings. The van der Waals surface area contributed by atoms with Gasteiger partial charge in [0, 0.05) is 24.2 Å². The van der Waals surface area contributed by atoms with Crippen molar-refractivity contribution in [2.75, 3.05) is 0 Å². The molecule has 0 bridgehead atoms. The van der Waals surface area contributed by atoms with Crippen LogP contribution in [0.1, 0.15) is 24.3 Å². The zero-order valence-electron chi connectivity index (χ0n) is 13.6. The summed E-state index contributed by atoms with van der Waals surface area (Å²) in [4.78, 5) is 16.4. The van der Waals surface area contributed by atoms with Crippen LogP contribution in [0.3, 0.4) is 0 Å². The van der Waals surface area contributed by atoms with E-state index in [1.54, 1.807) is 24.7 Å². The van der Waals surface area contributed by atoms with Crippen molar-refractivity contribution in [1.82, 2.24) is 14.9 Å². The Labute approximate surface area is 145 Å². The first-order valence-corrected chi connectivity index (χ1v) is 7.72. The second-order valence-electron chi connectivity index (χ2n) is 5.45. The topological polar surface area (TPSA) is 83.9 Å². The molecule has 0 aliphatic carbocycles. The maximum Gasteiger partial charge on any atom is 0.262 e. The normalized spacial score (nSPS) is 12.4. The number of carbonyl (C=O) groups excluding carboxylic acids is 1. The minimum absolute atomic E-state index is 0.00689. The monoisotopic (exact) mass is 332 g/mol. The molecule has 2 aromatic heterocycles. The lowest BCUT2D eigenvalue weighted by atomic mass is 10.1. The first-order valence-electron chi connectivity index (χ1n) is 7.72. The van der Waals surface area contributed by atoms with Gasteiger partial charge in [0.05, 0.1) is 18.6 Å². The molecular weight excluding hydrogens is 316 g/mol. The SMILES string of the molecule is C[C@H](NC(=O)/C(C#N)=C/c1ccco1)c1cccc(-n2ccnc2)c1. The average molecular weight is 332 g/mol. The smallest absolute Gasteiger partial charge is 0.262 e. The summed E-state index contributed by atoms with van der Waals surface area (Å²) in [6.45, 7) is 1.87. The van der Waals surface area contributed by atoms with Crippen molar-refractivity contribution in [1.29, 1.82) is 5.26 Å². The number of nitriles is 1. The quantitative estimate of drug-likeness (QED) is 0.574. The summed E-state index contributed by atoms with van der Waals surface area (Å²) < 4.78 is 7.03. The van der Waals surface area contributed by atoms with E-state index in [0.29, 0.717) is 5.76 Å². The van der Waals surface area contributed by atoms with Crippen LogP contribution >= 0.6 is 0 Å². The molecule has 25 heavy (non-hydrogen) atoms. The highest BCUT2D eigenvalue weighted by Gasteiger charge is 2.14. The molecule has 0 unspecified atom stereocenters. The highest BCUT2D eigenvalue weighted by Crippen LogP contribution is 2.17. The highest BCUT2D eigenvalue weighted by molar-refractivity contribution is 6.01. The highest BCUT2D eigenvalue weighted by atomic mass is 16.3. The second kappa shape index (κ2) is 7.32. The molecule has 0 radical (unpaired) electrons. The molecule has 0 fully saturated rings. The summed E-state index contributed by atoms with van der Waals surface area (Å²) in [5.41, 5.74) is 1.87. The van der Waals surface area contributed by atoms with Crippen molar-refractivity contribution in [2.45, 2.75) is 13.0 Å². The lowest BCUT2D eigenvalue weighted by Crippen LogP contribution is -2.27. The lowest BCUT2D eigenvalue weighted by Gasteiger charge is -2.15. The van der Waals surface area contributed by atoms with E-state index in [4.69, 9.17) is 4.42 Å². The Bertz CT molecular complexity index is 919. The van der Waals surface area contributed by atoms with Crippen molar-refractivity contribution in [2.24, 2.45) is 0 Å². The summed E-state index contributed by atoms with van der Waals surface area (Å²) in [7, 11) is 0. The Morgan fingerprint density at radius 2 is 2.28 bits per heavy atom. The summed E-state index contributed by atoms with van der Waals surface area (Å²) >= 11 is 0. The van der Waals surface area contributed by atoms with E-state index < -0.39 is 5.91 Å². The molecule has 1 amide bonds. The first-order chi connectivity index (χ1) is 12.2. The molecular formula is C19H16N4O2. The van der Waals surface area contributed by atoms with Gasteiger partial charge in [0.1, 0.15) is 17.4 Å². The Kier molecular flexibility index (Phi) is 4.77. The van der Waals surface area contributed by atoms with Crippen LogP contribution in [-0.4, -0.2) is 15.5 Å². The van der Waals surface area contributed by atoms with Crippen LogP contribution in [0.15, 0.2) is 71.4 Å². The maximum absolute atomic E-state index is 12.3. The predicted molar refractivity (Wildman–Crippen MR) is 92.4 cm³/mol. The third kappa shape index (κ3) is 3.85. The molecule has 3 rings (SSSR count). The fourth-order valence-electron chi connectivity index (χ4n) is 2.39. The van der Waals surface area contributed by atoms with E-state index in [1.165, 1.54) is 12.3 Å². The number of benzene rings is 1. The molecule has 6 heteroatoms. The third-order valence-electron chi connectivity index (χ3n) is 3.72. The summed E-state index contributed by atoms with van der Waals surface area (Å²) in [6.07, 6.45) is 8.17. The van der Waals surface area contributed by atoms with Gasteiger partial charge in [-0.05, 0) is 36.8 Å². The molecule has 1 N–H and O–H groups in total. The molecule has 2 heterocycles. The van der Waals surface area contributed by atoms with E-state index >= 15 is 0 Å². The van der Waals surface area contributed by atoms with Gasteiger partial charge in [-0.2, -0.15) is 5.26 Å². The van der Waals surface area contributed by atoms with Crippen molar-refractivity contribution in [3.05, 3.63) is 78.3 Å². The van der Waals surface area contributed by atoms with E-state index in [1.807, 2.05) is 48.0 Å². The number of carbonyl (C=O) groups is 1. The minimum atomic E-state index is -0.445. The predicted octanol–water partition coefficient (Wildman–Crippen LogP) is 3.25. The molecule has 124 valence electrons. The van der Waals surface area contributed by atoms with Crippen molar-refractivity contribution >= 4 is 12.0 Å². The molecule has 6 nitrogen and oxygen atoms in total. The van der Waals surface area contributed by atoms with Gasteiger partial charge in [-0.3, -0.25) is 4.79 Å². The number of hydrogen-bond donors (Lipinski definition) is 1. The number of rotatable bonds is 5. The standard InChI is InChI=1S/C19H16N4O2/c1-14(15-4-2-5-17(10-15)23-8-7-21-13-23)22-19(24)16(12-20)11-18-6-3-9-25-18/h2-11,13-14H,1H3,(H,22,24)/b16-11+/t14-/m0/s1. The van der Waals surface area contributed by atoms with Gasteiger partial charge in [-0.25, -0.2) is 4.98 Å². The molecule has 0 aliphatic heterocycles. The number of aromatic nitrogens is 2. The fraction of sp³-hybridized carbons (Fsp3) is 0.105. The number of hydrogen-bond acceptors (Lipinski definition) is 4. The molecule has 0 spiro atoms. The Morgan fingerprint density at radius 3 is 2.96 bits per heavy atom. The van der Waals surface area contributed by atoms with Gasteiger partial charge >= 0.3 is 0 Å². The molecule has 1 atom stereocenters. The van der Waals surface area contributed by atoms with E-state index in [9.17, 15) is 10.1 Å². The summed E-state index contributed by atoms with van der Waals surface area (Å²) in [5, 5.41) is 12.1.